The minimum Gasteiger partial charge on any atom is -0.377 e. The first-order valence-corrected chi connectivity index (χ1v) is 9.40. The average Bonchev–Trinajstić information content (AvgIpc) is 2.61. The summed E-state index contributed by atoms with van der Waals surface area (Å²) in [5.41, 5.74) is 2.81. The lowest BCUT2D eigenvalue weighted by Gasteiger charge is -2.16. The third kappa shape index (κ3) is 9.96. The van der Waals surface area contributed by atoms with E-state index in [2.05, 4.69) is 0 Å². The zero-order valence-electron chi connectivity index (χ0n) is 16.6. The van der Waals surface area contributed by atoms with Gasteiger partial charge in [-0.3, -0.25) is 4.79 Å². The first-order chi connectivity index (χ1) is 13.9. The molecule has 0 atom stereocenters. The Morgan fingerprint density at radius 1 is 1.03 bits per heavy atom. The largest absolute Gasteiger partial charge is 0.416 e. The van der Waals surface area contributed by atoms with Crippen LogP contribution in [0.15, 0.2) is 42.0 Å². The minimum atomic E-state index is -4.89. The highest BCUT2D eigenvalue weighted by Crippen LogP contribution is 2.37. The van der Waals surface area contributed by atoms with Crippen molar-refractivity contribution < 1.29 is 35.9 Å². The highest BCUT2D eigenvalue weighted by molar-refractivity contribution is 5.86. The molecule has 0 radical (unpaired) electrons. The lowest BCUT2D eigenvalue weighted by molar-refractivity contribution is -0.143. The van der Waals surface area contributed by atoms with E-state index in [1.54, 1.807) is 13.0 Å². The molecule has 0 aliphatic rings. The molecular weight excluding hydrogens is 412 g/mol. The van der Waals surface area contributed by atoms with Gasteiger partial charge in [0.25, 0.3) is 0 Å². The van der Waals surface area contributed by atoms with Gasteiger partial charge >= 0.3 is 12.4 Å². The molecule has 1 aromatic carbocycles. The summed E-state index contributed by atoms with van der Waals surface area (Å²) >= 11 is 0. The maximum Gasteiger partial charge on any atom is 0.416 e. The molecule has 168 valence electrons. The molecule has 1 rings (SSSR count). The van der Waals surface area contributed by atoms with Crippen LogP contribution in [0.2, 0.25) is 0 Å². The zero-order chi connectivity index (χ0) is 22.8. The number of halogens is 6. The van der Waals surface area contributed by atoms with E-state index < -0.39 is 36.0 Å². The fraction of sp³-hybridized carbons (Fsp3) is 0.476. The van der Waals surface area contributed by atoms with Crippen molar-refractivity contribution in [3.8, 4) is 0 Å². The van der Waals surface area contributed by atoms with Crippen LogP contribution in [0, 0.1) is 0 Å². The van der Waals surface area contributed by atoms with Gasteiger partial charge in [-0.05, 0) is 49.5 Å². The van der Waals surface area contributed by atoms with Crippen molar-refractivity contribution in [3.05, 3.63) is 58.7 Å². The summed E-state index contributed by atoms with van der Waals surface area (Å²) in [6.45, 7) is 1.58. The predicted molar refractivity (Wildman–Crippen MR) is 101 cm³/mol. The van der Waals surface area contributed by atoms with E-state index in [-0.39, 0.29) is 18.2 Å². The Hall–Kier alpha value is -2.29. The second-order valence-corrected chi connectivity index (χ2v) is 6.82. The monoisotopic (exact) mass is 437 g/mol. The number of benzene rings is 1. The normalized spacial score (nSPS) is 13.2. The van der Waals surface area contributed by atoms with E-state index >= 15 is 0 Å². The molecule has 0 heterocycles. The molecule has 0 aromatic heterocycles. The quantitative estimate of drug-likeness (QED) is 0.195. The second-order valence-electron chi connectivity index (χ2n) is 6.82. The SMILES string of the molecule is CC(C=CCCCCCCOCc1ccc(C(F)(F)F)cc1C(F)(F)F)=CC(N)=O. The number of alkyl halides is 6. The van der Waals surface area contributed by atoms with Gasteiger partial charge in [-0.25, -0.2) is 0 Å². The maximum atomic E-state index is 13.1. The molecule has 9 heteroatoms. The van der Waals surface area contributed by atoms with E-state index in [4.69, 9.17) is 10.5 Å². The molecule has 0 fully saturated rings. The van der Waals surface area contributed by atoms with E-state index in [0.29, 0.717) is 12.5 Å². The van der Waals surface area contributed by atoms with Gasteiger partial charge in [0.15, 0.2) is 0 Å². The number of unbranched alkanes of at least 4 members (excludes halogenated alkanes) is 4. The summed E-state index contributed by atoms with van der Waals surface area (Å²) in [4.78, 5) is 10.7. The fourth-order valence-electron chi connectivity index (χ4n) is 2.69. The van der Waals surface area contributed by atoms with Gasteiger partial charge in [0, 0.05) is 12.7 Å². The molecule has 0 spiro atoms. The van der Waals surface area contributed by atoms with Crippen LogP contribution in [0.4, 0.5) is 26.3 Å². The Morgan fingerprint density at radius 2 is 1.70 bits per heavy atom. The molecule has 1 aromatic rings. The smallest absolute Gasteiger partial charge is 0.377 e. The fourth-order valence-corrected chi connectivity index (χ4v) is 2.69. The summed E-state index contributed by atoms with van der Waals surface area (Å²) in [7, 11) is 0. The maximum absolute atomic E-state index is 13.1. The van der Waals surface area contributed by atoms with Crippen LogP contribution in [0.25, 0.3) is 0 Å². The van der Waals surface area contributed by atoms with Crippen LogP contribution in [0.1, 0.15) is 55.7 Å². The molecule has 0 saturated heterocycles. The van der Waals surface area contributed by atoms with Gasteiger partial charge in [0.05, 0.1) is 17.7 Å². The third-order valence-electron chi connectivity index (χ3n) is 4.16. The Labute approximate surface area is 171 Å². The van der Waals surface area contributed by atoms with Gasteiger partial charge in [-0.15, -0.1) is 0 Å². The highest BCUT2D eigenvalue weighted by atomic mass is 19.4. The molecule has 3 nitrogen and oxygen atoms in total. The number of allylic oxidation sites excluding steroid dienone is 3. The number of ether oxygens (including phenoxy) is 1. The lowest BCUT2D eigenvalue weighted by atomic mass is 10.0. The van der Waals surface area contributed by atoms with Gasteiger partial charge in [-0.2, -0.15) is 26.3 Å². The van der Waals surface area contributed by atoms with Crippen LogP contribution in [-0.2, 0) is 28.5 Å². The van der Waals surface area contributed by atoms with Crippen LogP contribution >= 0.6 is 0 Å². The second kappa shape index (κ2) is 11.8. The summed E-state index contributed by atoms with van der Waals surface area (Å²) in [6, 6.07) is 1.56. The number of hydrogen-bond acceptors (Lipinski definition) is 2. The molecule has 0 bridgehead atoms. The van der Waals surface area contributed by atoms with E-state index in [0.717, 1.165) is 37.3 Å². The number of nitrogens with two attached hydrogens (primary N) is 1. The Balaban J connectivity index is 2.36. The van der Waals surface area contributed by atoms with Crippen molar-refractivity contribution in [2.75, 3.05) is 6.61 Å². The van der Waals surface area contributed by atoms with Gasteiger partial charge in [0.2, 0.25) is 5.91 Å². The highest BCUT2D eigenvalue weighted by Gasteiger charge is 2.38. The molecule has 0 aliphatic carbocycles. The number of hydrogen-bond donors (Lipinski definition) is 1. The van der Waals surface area contributed by atoms with Crippen molar-refractivity contribution in [3.63, 3.8) is 0 Å². The number of amides is 1. The third-order valence-corrected chi connectivity index (χ3v) is 4.16. The summed E-state index contributed by atoms with van der Waals surface area (Å²) in [5.74, 6) is -0.504. The zero-order valence-corrected chi connectivity index (χ0v) is 16.6. The molecule has 0 saturated carbocycles. The first-order valence-electron chi connectivity index (χ1n) is 9.40. The topological polar surface area (TPSA) is 52.3 Å². The van der Waals surface area contributed by atoms with Crippen molar-refractivity contribution in [1.29, 1.82) is 0 Å². The van der Waals surface area contributed by atoms with Crippen LogP contribution in [0.5, 0.6) is 0 Å². The first kappa shape index (κ1) is 25.7. The number of rotatable bonds is 11. The molecule has 0 unspecified atom stereocenters. The summed E-state index contributed by atoms with van der Waals surface area (Å²) < 4.78 is 82.4. The Bertz CT molecular complexity index is 751. The van der Waals surface area contributed by atoms with Crippen LogP contribution < -0.4 is 5.73 Å². The van der Waals surface area contributed by atoms with Gasteiger partial charge in [0.1, 0.15) is 0 Å². The standard InChI is InChI=1S/C21H25F6NO2/c1-15(12-19(28)29)8-6-4-2-3-5-7-11-30-14-16-9-10-17(20(22,23)24)13-18(16)21(25,26)27/h6,8-10,12-13H,2-5,7,11,14H2,1H3,(H2,28,29). The average molecular weight is 437 g/mol. The minimum absolute atomic E-state index is 0.118. The van der Waals surface area contributed by atoms with Crippen molar-refractivity contribution in [2.45, 2.75) is 58.0 Å². The Kier molecular flexibility index (Phi) is 10.1. The molecular formula is C21H25F6NO2. The van der Waals surface area contributed by atoms with Crippen molar-refractivity contribution in [2.24, 2.45) is 5.73 Å². The molecule has 0 aliphatic heterocycles. The van der Waals surface area contributed by atoms with E-state index in [9.17, 15) is 31.1 Å². The van der Waals surface area contributed by atoms with Crippen LogP contribution in [-0.4, -0.2) is 12.5 Å². The molecule has 30 heavy (non-hydrogen) atoms. The van der Waals surface area contributed by atoms with Gasteiger partial charge in [-0.1, -0.05) is 31.1 Å². The van der Waals surface area contributed by atoms with E-state index in [1.807, 2.05) is 6.08 Å². The molecule has 2 N–H and O–H groups in total. The number of carbonyl (C=O) groups is 1. The number of primary amides is 1. The Morgan fingerprint density at radius 3 is 2.30 bits per heavy atom. The molecule has 1 amide bonds. The lowest BCUT2D eigenvalue weighted by Crippen LogP contribution is -2.14. The van der Waals surface area contributed by atoms with E-state index in [1.165, 1.54) is 6.08 Å². The number of carbonyl (C=O) groups excluding carboxylic acids is 1. The van der Waals surface area contributed by atoms with Crippen LogP contribution in [0.3, 0.4) is 0 Å². The summed E-state index contributed by atoms with van der Waals surface area (Å²) in [6.07, 6.45) is -0.637. The predicted octanol–water partition coefficient (Wildman–Crippen LogP) is 6.18. The van der Waals surface area contributed by atoms with Crippen molar-refractivity contribution >= 4 is 5.91 Å². The summed E-state index contributed by atoms with van der Waals surface area (Å²) in [5, 5.41) is 0. The van der Waals surface area contributed by atoms with Gasteiger partial charge < -0.3 is 10.5 Å². The van der Waals surface area contributed by atoms with Crippen molar-refractivity contribution in [1.82, 2.24) is 0 Å².